The highest BCUT2D eigenvalue weighted by Crippen LogP contribution is 2.25. The fourth-order valence-electron chi connectivity index (χ4n) is 3.69. The lowest BCUT2D eigenvalue weighted by molar-refractivity contribution is -0.146. The van der Waals surface area contributed by atoms with Gasteiger partial charge < -0.3 is 14.4 Å². The first-order valence-corrected chi connectivity index (χ1v) is 10.3. The van der Waals surface area contributed by atoms with Crippen molar-refractivity contribution in [1.82, 2.24) is 9.80 Å². The number of rotatable bonds is 6. The van der Waals surface area contributed by atoms with Crippen LogP contribution in [0.3, 0.4) is 0 Å². The Bertz CT molecular complexity index is 855. The minimum Gasteiger partial charge on any atom is -0.452 e. The van der Waals surface area contributed by atoms with Gasteiger partial charge in [-0.2, -0.15) is 0 Å². The van der Waals surface area contributed by atoms with Crippen LogP contribution in [-0.4, -0.2) is 71.9 Å². The van der Waals surface area contributed by atoms with Gasteiger partial charge in [-0.1, -0.05) is 13.8 Å². The summed E-state index contributed by atoms with van der Waals surface area (Å²) in [5, 5.41) is 0. The minimum atomic E-state index is -0.707. The maximum absolute atomic E-state index is 12.6. The number of ether oxygens (including phenoxy) is 2. The third-order valence-corrected chi connectivity index (χ3v) is 5.24. The summed E-state index contributed by atoms with van der Waals surface area (Å²) in [4.78, 5) is 52.7. The number of esters is 1. The standard InChI is InChI=1S/C22H28N2O6/c1-13(2)7-8-24-20(26)17-6-5-16(9-18(17)21(24)27)22(28)29-12-19(25)23-10-14(3)30-15(4)11-23/h5-6,9,13-15H,7-8,10-12H2,1-4H3/t14-,15+. The van der Waals surface area contributed by atoms with Crippen molar-refractivity contribution in [2.24, 2.45) is 5.92 Å². The Kier molecular flexibility index (Phi) is 6.55. The zero-order chi connectivity index (χ0) is 22.0. The Labute approximate surface area is 176 Å². The molecule has 0 spiro atoms. The number of amides is 3. The summed E-state index contributed by atoms with van der Waals surface area (Å²) in [6.07, 6.45) is 0.556. The Morgan fingerprint density at radius 3 is 2.37 bits per heavy atom. The number of benzene rings is 1. The van der Waals surface area contributed by atoms with Crippen LogP contribution < -0.4 is 0 Å². The highest BCUT2D eigenvalue weighted by molar-refractivity contribution is 6.22. The number of imide groups is 1. The van der Waals surface area contributed by atoms with Gasteiger partial charge in [-0.25, -0.2) is 4.79 Å². The van der Waals surface area contributed by atoms with Crippen molar-refractivity contribution >= 4 is 23.7 Å². The van der Waals surface area contributed by atoms with E-state index >= 15 is 0 Å². The number of nitrogens with zero attached hydrogens (tertiary/aromatic N) is 2. The van der Waals surface area contributed by atoms with Gasteiger partial charge in [-0.05, 0) is 44.4 Å². The summed E-state index contributed by atoms with van der Waals surface area (Å²) in [6, 6.07) is 4.28. The highest BCUT2D eigenvalue weighted by atomic mass is 16.5. The maximum atomic E-state index is 12.6. The molecule has 0 aliphatic carbocycles. The molecular weight excluding hydrogens is 388 g/mol. The fraction of sp³-hybridized carbons (Fsp3) is 0.545. The highest BCUT2D eigenvalue weighted by Gasteiger charge is 2.36. The molecule has 162 valence electrons. The molecule has 0 bridgehead atoms. The van der Waals surface area contributed by atoms with Gasteiger partial charge in [0.15, 0.2) is 6.61 Å². The summed E-state index contributed by atoms with van der Waals surface area (Å²) < 4.78 is 10.8. The van der Waals surface area contributed by atoms with Gasteiger partial charge >= 0.3 is 5.97 Å². The normalized spacial score (nSPS) is 21.2. The summed E-state index contributed by atoms with van der Waals surface area (Å²) in [6.45, 7) is 8.66. The van der Waals surface area contributed by atoms with Crippen molar-refractivity contribution in [2.75, 3.05) is 26.2 Å². The lowest BCUT2D eigenvalue weighted by atomic mass is 10.1. The van der Waals surface area contributed by atoms with Crippen LogP contribution in [0.15, 0.2) is 18.2 Å². The predicted octanol–water partition coefficient (Wildman–Crippen LogP) is 2.12. The first-order chi connectivity index (χ1) is 14.2. The molecule has 0 radical (unpaired) electrons. The molecule has 3 amide bonds. The van der Waals surface area contributed by atoms with Crippen molar-refractivity contribution in [2.45, 2.75) is 46.3 Å². The monoisotopic (exact) mass is 416 g/mol. The fourth-order valence-corrected chi connectivity index (χ4v) is 3.69. The van der Waals surface area contributed by atoms with Crippen molar-refractivity contribution in [1.29, 1.82) is 0 Å². The van der Waals surface area contributed by atoms with Crippen LogP contribution in [0.25, 0.3) is 0 Å². The Balaban J connectivity index is 1.63. The summed E-state index contributed by atoms with van der Waals surface area (Å²) in [5.41, 5.74) is 0.616. The molecule has 30 heavy (non-hydrogen) atoms. The number of carbonyl (C=O) groups is 4. The molecule has 8 nitrogen and oxygen atoms in total. The van der Waals surface area contributed by atoms with E-state index < -0.39 is 11.9 Å². The number of carbonyl (C=O) groups excluding carboxylic acids is 4. The van der Waals surface area contributed by atoms with Crippen molar-refractivity contribution in [3.8, 4) is 0 Å². The second kappa shape index (κ2) is 8.95. The van der Waals surface area contributed by atoms with E-state index in [4.69, 9.17) is 9.47 Å². The van der Waals surface area contributed by atoms with Crippen LogP contribution in [0.1, 0.15) is 65.2 Å². The predicted molar refractivity (Wildman–Crippen MR) is 108 cm³/mol. The average molecular weight is 416 g/mol. The van der Waals surface area contributed by atoms with Gasteiger partial charge in [0.1, 0.15) is 0 Å². The Morgan fingerprint density at radius 2 is 1.73 bits per heavy atom. The van der Waals surface area contributed by atoms with Gasteiger partial charge in [0.25, 0.3) is 17.7 Å². The molecule has 2 aliphatic heterocycles. The van der Waals surface area contributed by atoms with E-state index in [2.05, 4.69) is 0 Å². The van der Waals surface area contributed by atoms with Crippen LogP contribution >= 0.6 is 0 Å². The molecule has 0 saturated carbocycles. The zero-order valence-corrected chi connectivity index (χ0v) is 17.8. The van der Waals surface area contributed by atoms with Gasteiger partial charge in [0, 0.05) is 19.6 Å². The molecule has 1 aromatic carbocycles. The molecule has 1 fully saturated rings. The molecule has 1 saturated heterocycles. The van der Waals surface area contributed by atoms with Gasteiger partial charge in [-0.3, -0.25) is 19.3 Å². The van der Waals surface area contributed by atoms with Crippen molar-refractivity contribution < 1.29 is 28.7 Å². The van der Waals surface area contributed by atoms with Crippen LogP contribution in [0, 0.1) is 5.92 Å². The summed E-state index contributed by atoms with van der Waals surface area (Å²) in [7, 11) is 0. The molecule has 0 aromatic heterocycles. The Morgan fingerprint density at radius 1 is 1.10 bits per heavy atom. The molecule has 0 N–H and O–H groups in total. The topological polar surface area (TPSA) is 93.2 Å². The van der Waals surface area contributed by atoms with E-state index in [-0.39, 0.29) is 47.3 Å². The smallest absolute Gasteiger partial charge is 0.338 e. The van der Waals surface area contributed by atoms with E-state index in [9.17, 15) is 19.2 Å². The van der Waals surface area contributed by atoms with Crippen LogP contribution in [0.5, 0.6) is 0 Å². The number of fused-ring (bicyclic) bond motifs is 1. The second-order valence-corrected chi connectivity index (χ2v) is 8.34. The summed E-state index contributed by atoms with van der Waals surface area (Å²) >= 11 is 0. The number of hydrogen-bond donors (Lipinski definition) is 0. The third kappa shape index (κ3) is 4.70. The third-order valence-electron chi connectivity index (χ3n) is 5.24. The van der Waals surface area contributed by atoms with Crippen molar-refractivity contribution in [3.05, 3.63) is 34.9 Å². The lowest BCUT2D eigenvalue weighted by Gasteiger charge is -2.35. The van der Waals surface area contributed by atoms with Gasteiger partial charge in [0.05, 0.1) is 28.9 Å². The molecule has 1 aromatic rings. The SMILES string of the molecule is CC(C)CCN1C(=O)c2ccc(C(=O)OCC(=O)N3C[C@@H](C)O[C@@H](C)C3)cc2C1=O. The largest absolute Gasteiger partial charge is 0.452 e. The second-order valence-electron chi connectivity index (χ2n) is 8.34. The van der Waals surface area contributed by atoms with E-state index in [0.29, 0.717) is 32.0 Å². The Hall–Kier alpha value is -2.74. The van der Waals surface area contributed by atoms with Crippen LogP contribution in [-0.2, 0) is 14.3 Å². The van der Waals surface area contributed by atoms with E-state index in [1.165, 1.54) is 23.1 Å². The molecule has 3 rings (SSSR count). The molecule has 0 unspecified atom stereocenters. The van der Waals surface area contributed by atoms with Gasteiger partial charge in [-0.15, -0.1) is 0 Å². The molecule has 2 atom stereocenters. The van der Waals surface area contributed by atoms with E-state index in [1.54, 1.807) is 4.90 Å². The first-order valence-electron chi connectivity index (χ1n) is 10.3. The lowest BCUT2D eigenvalue weighted by Crippen LogP contribution is -2.49. The van der Waals surface area contributed by atoms with E-state index in [0.717, 1.165) is 0 Å². The first kappa shape index (κ1) is 22.0. The minimum absolute atomic E-state index is 0.0766. The zero-order valence-electron chi connectivity index (χ0n) is 17.8. The van der Waals surface area contributed by atoms with Crippen LogP contribution in [0.2, 0.25) is 0 Å². The average Bonchev–Trinajstić information content (AvgIpc) is 2.93. The van der Waals surface area contributed by atoms with Gasteiger partial charge in [0.2, 0.25) is 0 Å². The molecule has 8 heteroatoms. The van der Waals surface area contributed by atoms with Crippen molar-refractivity contribution in [3.63, 3.8) is 0 Å². The van der Waals surface area contributed by atoms with Crippen LogP contribution in [0.4, 0.5) is 0 Å². The quantitative estimate of drug-likeness (QED) is 0.521. The molecular formula is C22H28N2O6. The number of morpholine rings is 1. The molecule has 2 aliphatic rings. The van der Waals surface area contributed by atoms with E-state index in [1.807, 2.05) is 27.7 Å². The maximum Gasteiger partial charge on any atom is 0.338 e. The molecule has 2 heterocycles. The number of hydrogen-bond acceptors (Lipinski definition) is 6. The summed E-state index contributed by atoms with van der Waals surface area (Å²) in [5.74, 6) is -1.40.